The molecule has 1 atom stereocenters. The predicted octanol–water partition coefficient (Wildman–Crippen LogP) is 2.07. The standard InChI is InChI=1S/C11H13NO4S/c1-2-5-9(13)8-17(16)11-7-4-3-6-10(11)12(14)15/h3-4,6-7H,2,5,8H2,1H3. The third-order valence-corrected chi connectivity index (χ3v) is 3.55. The van der Waals surface area contributed by atoms with Gasteiger partial charge in [0.1, 0.15) is 10.7 Å². The van der Waals surface area contributed by atoms with E-state index in [0.29, 0.717) is 12.8 Å². The van der Waals surface area contributed by atoms with Gasteiger partial charge in [-0.1, -0.05) is 19.1 Å². The normalized spacial score (nSPS) is 12.1. The summed E-state index contributed by atoms with van der Waals surface area (Å²) in [7, 11) is -1.64. The molecule has 0 aliphatic heterocycles. The molecule has 5 nitrogen and oxygen atoms in total. The zero-order valence-corrected chi connectivity index (χ0v) is 10.2. The van der Waals surface area contributed by atoms with Gasteiger partial charge in [-0.15, -0.1) is 0 Å². The summed E-state index contributed by atoms with van der Waals surface area (Å²) in [5.74, 6) is -0.289. The Balaban J connectivity index is 2.89. The van der Waals surface area contributed by atoms with Gasteiger partial charge in [0.15, 0.2) is 0 Å². The number of nitrogens with zero attached hydrogens (tertiary/aromatic N) is 1. The lowest BCUT2D eigenvalue weighted by Gasteiger charge is -2.02. The molecule has 1 aromatic carbocycles. The summed E-state index contributed by atoms with van der Waals surface area (Å²) in [6, 6.07) is 5.79. The Morgan fingerprint density at radius 3 is 2.65 bits per heavy atom. The van der Waals surface area contributed by atoms with E-state index in [1.54, 1.807) is 6.07 Å². The molecule has 6 heteroatoms. The minimum Gasteiger partial charge on any atom is -0.299 e. The third kappa shape index (κ3) is 3.74. The first-order chi connectivity index (χ1) is 8.06. The molecule has 17 heavy (non-hydrogen) atoms. The van der Waals surface area contributed by atoms with Crippen molar-refractivity contribution in [3.63, 3.8) is 0 Å². The van der Waals surface area contributed by atoms with Crippen LogP contribution in [0.3, 0.4) is 0 Å². The summed E-state index contributed by atoms with van der Waals surface area (Å²) >= 11 is 0. The second kappa shape index (κ2) is 6.24. The van der Waals surface area contributed by atoms with Crippen LogP contribution in [0.2, 0.25) is 0 Å². The Morgan fingerprint density at radius 2 is 2.06 bits per heavy atom. The molecule has 1 rings (SSSR count). The highest BCUT2D eigenvalue weighted by atomic mass is 32.2. The zero-order chi connectivity index (χ0) is 12.8. The van der Waals surface area contributed by atoms with Crippen LogP contribution in [0.5, 0.6) is 0 Å². The number of carbonyl (C=O) groups excluding carboxylic acids is 1. The van der Waals surface area contributed by atoms with Crippen molar-refractivity contribution in [3.8, 4) is 0 Å². The smallest absolute Gasteiger partial charge is 0.285 e. The largest absolute Gasteiger partial charge is 0.299 e. The summed E-state index contributed by atoms with van der Waals surface area (Å²) in [5, 5.41) is 10.7. The van der Waals surface area contributed by atoms with Gasteiger partial charge >= 0.3 is 0 Å². The summed E-state index contributed by atoms with van der Waals surface area (Å²) < 4.78 is 11.8. The van der Waals surface area contributed by atoms with Crippen LogP contribution < -0.4 is 0 Å². The highest BCUT2D eigenvalue weighted by Crippen LogP contribution is 2.21. The van der Waals surface area contributed by atoms with Crippen molar-refractivity contribution in [3.05, 3.63) is 34.4 Å². The third-order valence-electron chi connectivity index (χ3n) is 2.13. The Labute approximate surface area is 101 Å². The summed E-state index contributed by atoms with van der Waals surface area (Å²) in [6.45, 7) is 1.85. The van der Waals surface area contributed by atoms with Gasteiger partial charge in [-0.25, -0.2) is 0 Å². The maximum absolute atomic E-state index is 11.8. The number of Topliss-reactive ketones (excluding diaryl/α,β-unsaturated/α-hetero) is 1. The number of ketones is 1. The van der Waals surface area contributed by atoms with Gasteiger partial charge in [0.05, 0.1) is 21.5 Å². The van der Waals surface area contributed by atoms with Crippen LogP contribution >= 0.6 is 0 Å². The maximum Gasteiger partial charge on any atom is 0.285 e. The molecule has 0 bridgehead atoms. The highest BCUT2D eigenvalue weighted by Gasteiger charge is 2.19. The van der Waals surface area contributed by atoms with Gasteiger partial charge in [0, 0.05) is 12.5 Å². The number of benzene rings is 1. The topological polar surface area (TPSA) is 77.3 Å². The fourth-order valence-corrected chi connectivity index (χ4v) is 2.57. The molecule has 0 aliphatic carbocycles. The number of carbonyl (C=O) groups is 1. The van der Waals surface area contributed by atoms with Gasteiger partial charge in [-0.2, -0.15) is 0 Å². The first kappa shape index (κ1) is 13.5. The van der Waals surface area contributed by atoms with Crippen LogP contribution in [-0.2, 0) is 15.6 Å². The molecule has 0 aromatic heterocycles. The monoisotopic (exact) mass is 255 g/mol. The molecule has 0 fully saturated rings. The van der Waals surface area contributed by atoms with Gasteiger partial charge in [-0.3, -0.25) is 19.1 Å². The molecule has 1 aromatic rings. The Kier molecular flexibility index (Phi) is 4.96. The van der Waals surface area contributed by atoms with Crippen molar-refractivity contribution in [2.45, 2.75) is 24.7 Å². The number of nitro benzene ring substituents is 1. The van der Waals surface area contributed by atoms with Crippen LogP contribution in [-0.4, -0.2) is 20.7 Å². The molecule has 0 saturated carbocycles. The first-order valence-corrected chi connectivity index (χ1v) is 6.51. The van der Waals surface area contributed by atoms with E-state index in [1.807, 2.05) is 6.92 Å². The van der Waals surface area contributed by atoms with Crippen molar-refractivity contribution in [2.75, 3.05) is 5.75 Å². The van der Waals surface area contributed by atoms with Crippen molar-refractivity contribution in [1.29, 1.82) is 0 Å². The lowest BCUT2D eigenvalue weighted by Crippen LogP contribution is -2.11. The Morgan fingerprint density at radius 1 is 1.41 bits per heavy atom. The number of hydrogen-bond acceptors (Lipinski definition) is 4. The molecular formula is C11H13NO4S. The second-order valence-electron chi connectivity index (χ2n) is 3.50. The average Bonchev–Trinajstić information content (AvgIpc) is 2.29. The second-order valence-corrected chi connectivity index (χ2v) is 4.92. The number of para-hydroxylation sites is 1. The fourth-order valence-electron chi connectivity index (χ4n) is 1.38. The summed E-state index contributed by atoms with van der Waals surface area (Å²) in [4.78, 5) is 21.6. The van der Waals surface area contributed by atoms with Crippen LogP contribution in [0, 0.1) is 10.1 Å². The van der Waals surface area contributed by atoms with E-state index in [9.17, 15) is 19.1 Å². The van der Waals surface area contributed by atoms with Gasteiger partial charge in [0.2, 0.25) is 0 Å². The van der Waals surface area contributed by atoms with Gasteiger partial charge in [-0.05, 0) is 12.5 Å². The summed E-state index contributed by atoms with van der Waals surface area (Å²) in [6.07, 6.45) is 1.04. The molecule has 0 spiro atoms. The molecule has 92 valence electrons. The van der Waals surface area contributed by atoms with E-state index < -0.39 is 15.7 Å². The maximum atomic E-state index is 11.8. The van der Waals surface area contributed by atoms with E-state index in [1.165, 1.54) is 18.2 Å². The number of hydrogen-bond donors (Lipinski definition) is 0. The van der Waals surface area contributed by atoms with Crippen molar-refractivity contribution < 1.29 is 13.9 Å². The molecule has 0 aliphatic rings. The molecule has 0 saturated heterocycles. The molecule has 0 N–H and O–H groups in total. The van der Waals surface area contributed by atoms with E-state index in [4.69, 9.17) is 0 Å². The first-order valence-electron chi connectivity index (χ1n) is 5.19. The lowest BCUT2D eigenvalue weighted by atomic mass is 10.3. The molecular weight excluding hydrogens is 242 g/mol. The van der Waals surface area contributed by atoms with Crippen LogP contribution in [0.15, 0.2) is 29.2 Å². The van der Waals surface area contributed by atoms with Gasteiger partial charge in [0.25, 0.3) is 5.69 Å². The minimum absolute atomic E-state index is 0.113. The van der Waals surface area contributed by atoms with Crippen LogP contribution in [0.4, 0.5) is 5.69 Å². The van der Waals surface area contributed by atoms with Crippen LogP contribution in [0.1, 0.15) is 19.8 Å². The van der Waals surface area contributed by atoms with E-state index in [-0.39, 0.29) is 22.1 Å². The van der Waals surface area contributed by atoms with Crippen LogP contribution in [0.25, 0.3) is 0 Å². The number of rotatable bonds is 6. The molecule has 0 heterocycles. The van der Waals surface area contributed by atoms with E-state index in [2.05, 4.69) is 0 Å². The Hall–Kier alpha value is -1.56. The molecule has 1 unspecified atom stereocenters. The SMILES string of the molecule is CCCC(=O)CS(=O)c1ccccc1[N+](=O)[O-]. The average molecular weight is 255 g/mol. The molecule has 0 amide bonds. The van der Waals surface area contributed by atoms with E-state index >= 15 is 0 Å². The fraction of sp³-hybridized carbons (Fsp3) is 0.364. The lowest BCUT2D eigenvalue weighted by molar-refractivity contribution is -0.387. The van der Waals surface area contributed by atoms with Crippen molar-refractivity contribution >= 4 is 22.3 Å². The van der Waals surface area contributed by atoms with Crippen molar-refractivity contribution in [1.82, 2.24) is 0 Å². The van der Waals surface area contributed by atoms with Crippen molar-refractivity contribution in [2.24, 2.45) is 0 Å². The quantitative estimate of drug-likeness (QED) is 0.576. The summed E-state index contributed by atoms with van der Waals surface area (Å²) in [5.41, 5.74) is -0.199. The Bertz CT molecular complexity index is 459. The number of nitro groups is 1. The molecule has 0 radical (unpaired) electrons. The predicted molar refractivity (Wildman–Crippen MR) is 64.3 cm³/mol. The minimum atomic E-state index is -1.64. The van der Waals surface area contributed by atoms with E-state index in [0.717, 1.165) is 0 Å². The van der Waals surface area contributed by atoms with Gasteiger partial charge < -0.3 is 0 Å². The highest BCUT2D eigenvalue weighted by molar-refractivity contribution is 7.86. The zero-order valence-electron chi connectivity index (χ0n) is 9.42.